The second-order valence-corrected chi connectivity index (χ2v) is 6.69. The topological polar surface area (TPSA) is 55.4 Å². The second kappa shape index (κ2) is 6.87. The van der Waals surface area contributed by atoms with Crippen molar-refractivity contribution in [1.29, 1.82) is 0 Å². The second-order valence-electron chi connectivity index (χ2n) is 5.44. The lowest BCUT2D eigenvalue weighted by molar-refractivity contribution is -0.145. The molecule has 0 aliphatic carbocycles. The molecule has 0 unspecified atom stereocenters. The van der Waals surface area contributed by atoms with Crippen LogP contribution in [0.15, 0.2) is 53.4 Å². The van der Waals surface area contributed by atoms with Crippen LogP contribution in [0.4, 0.5) is 5.69 Å². The van der Waals surface area contributed by atoms with Crippen LogP contribution < -0.4 is 5.32 Å². The predicted molar refractivity (Wildman–Crippen MR) is 90.3 cm³/mol. The predicted octanol–water partition coefficient (Wildman–Crippen LogP) is 3.54. The maximum absolute atomic E-state index is 12.1. The Labute approximate surface area is 139 Å². The average Bonchev–Trinajstić information content (AvgIpc) is 2.55. The molecule has 2 aromatic rings. The van der Waals surface area contributed by atoms with E-state index in [1.807, 2.05) is 55.5 Å². The van der Waals surface area contributed by atoms with Crippen molar-refractivity contribution in [2.75, 3.05) is 5.32 Å². The summed E-state index contributed by atoms with van der Waals surface area (Å²) in [5.74, 6) is -0.515. The van der Waals surface area contributed by atoms with Crippen LogP contribution in [0.3, 0.4) is 0 Å². The number of esters is 1. The Morgan fingerprint density at radius 1 is 1.17 bits per heavy atom. The molecule has 0 fully saturated rings. The number of ether oxygens (including phenoxy) is 1. The van der Waals surface area contributed by atoms with E-state index in [0.29, 0.717) is 0 Å². The Morgan fingerprint density at radius 2 is 1.91 bits per heavy atom. The van der Waals surface area contributed by atoms with Gasteiger partial charge < -0.3 is 10.1 Å². The highest BCUT2D eigenvalue weighted by atomic mass is 32.2. The first-order chi connectivity index (χ1) is 11.1. The molecule has 1 aliphatic rings. The molecule has 118 valence electrons. The largest absolute Gasteiger partial charge is 0.461 e. The van der Waals surface area contributed by atoms with Crippen LogP contribution in [-0.2, 0) is 20.9 Å². The minimum absolute atomic E-state index is 0.0662. The van der Waals surface area contributed by atoms with Crippen LogP contribution in [0.25, 0.3) is 0 Å². The first-order valence-electron chi connectivity index (χ1n) is 7.39. The Morgan fingerprint density at radius 3 is 2.70 bits per heavy atom. The Hall–Kier alpha value is -2.27. The van der Waals surface area contributed by atoms with Crippen molar-refractivity contribution >= 4 is 29.3 Å². The van der Waals surface area contributed by atoms with E-state index in [1.54, 1.807) is 0 Å². The zero-order chi connectivity index (χ0) is 16.2. The average molecular weight is 327 g/mol. The molecule has 1 N–H and O–H groups in total. The summed E-state index contributed by atoms with van der Waals surface area (Å²) in [6.45, 7) is 2.24. The number of nitrogens with one attached hydrogen (secondary N) is 1. The minimum Gasteiger partial charge on any atom is -0.461 e. The molecule has 1 aliphatic heterocycles. The third kappa shape index (κ3) is 3.93. The van der Waals surface area contributed by atoms with Crippen LogP contribution in [0.1, 0.15) is 17.5 Å². The number of fused-ring (bicyclic) bond motifs is 1. The summed E-state index contributed by atoms with van der Waals surface area (Å²) in [5, 5.41) is 2.38. The van der Waals surface area contributed by atoms with Gasteiger partial charge in [0.05, 0.1) is 17.4 Å². The van der Waals surface area contributed by atoms with E-state index in [2.05, 4.69) is 5.32 Å². The number of hydrogen-bond acceptors (Lipinski definition) is 4. The molecule has 1 atom stereocenters. The van der Waals surface area contributed by atoms with Crippen LogP contribution in [0, 0.1) is 6.92 Å². The summed E-state index contributed by atoms with van der Waals surface area (Å²) in [4.78, 5) is 25.0. The molecule has 0 aromatic heterocycles. The summed E-state index contributed by atoms with van der Waals surface area (Å²) in [6, 6.07) is 15.4. The molecule has 1 amide bonds. The maximum Gasteiger partial charge on any atom is 0.307 e. The van der Waals surface area contributed by atoms with Crippen LogP contribution in [0.2, 0.25) is 0 Å². The van der Waals surface area contributed by atoms with Gasteiger partial charge in [0.25, 0.3) is 0 Å². The maximum atomic E-state index is 12.1. The molecule has 2 aromatic carbocycles. The van der Waals surface area contributed by atoms with Crippen molar-refractivity contribution < 1.29 is 14.3 Å². The van der Waals surface area contributed by atoms with Crippen molar-refractivity contribution in [2.24, 2.45) is 0 Å². The van der Waals surface area contributed by atoms with Crippen LogP contribution >= 0.6 is 11.8 Å². The van der Waals surface area contributed by atoms with E-state index < -0.39 is 5.25 Å². The van der Waals surface area contributed by atoms with E-state index in [0.717, 1.165) is 21.7 Å². The minimum atomic E-state index is -0.449. The number of rotatable bonds is 4. The number of benzene rings is 2. The number of thioether (sulfide) groups is 1. The fraction of sp³-hybridized carbons (Fsp3) is 0.222. The quantitative estimate of drug-likeness (QED) is 0.873. The third-order valence-corrected chi connectivity index (χ3v) is 4.85. The lowest BCUT2D eigenvalue weighted by atomic mass is 10.2. The van der Waals surface area contributed by atoms with E-state index in [4.69, 9.17) is 4.74 Å². The number of carbonyl (C=O) groups is 2. The molecule has 3 rings (SSSR count). The number of carbonyl (C=O) groups excluding carboxylic acids is 2. The van der Waals surface area contributed by atoms with Gasteiger partial charge in [0, 0.05) is 4.90 Å². The van der Waals surface area contributed by atoms with E-state index in [-0.39, 0.29) is 24.9 Å². The first kappa shape index (κ1) is 15.6. The fourth-order valence-corrected chi connectivity index (χ4v) is 3.38. The van der Waals surface area contributed by atoms with Gasteiger partial charge in [-0.15, -0.1) is 11.8 Å². The zero-order valence-corrected chi connectivity index (χ0v) is 13.6. The Bertz CT molecular complexity index is 727. The van der Waals surface area contributed by atoms with Crippen molar-refractivity contribution in [2.45, 2.75) is 30.1 Å². The van der Waals surface area contributed by atoms with Crippen molar-refractivity contribution in [3.63, 3.8) is 0 Å². The number of hydrogen-bond donors (Lipinski definition) is 1. The molecule has 0 spiro atoms. The van der Waals surface area contributed by atoms with Crippen LogP contribution in [-0.4, -0.2) is 17.1 Å². The van der Waals surface area contributed by atoms with Gasteiger partial charge in [-0.05, 0) is 24.6 Å². The van der Waals surface area contributed by atoms with E-state index in [9.17, 15) is 9.59 Å². The normalized spacial score (nSPS) is 16.4. The lowest BCUT2D eigenvalue weighted by Gasteiger charge is -2.23. The number of para-hydroxylation sites is 1. The molecule has 0 saturated heterocycles. The van der Waals surface area contributed by atoms with Gasteiger partial charge in [-0.3, -0.25) is 9.59 Å². The SMILES string of the molecule is Cc1ccc(COC(=O)C[C@@H]2Sc3ccccc3NC2=O)cc1. The number of amides is 1. The molecule has 23 heavy (non-hydrogen) atoms. The van der Waals surface area contributed by atoms with Crippen LogP contribution in [0.5, 0.6) is 0 Å². The molecular formula is C18H17NO3S. The van der Waals surface area contributed by atoms with Gasteiger partial charge in [0.15, 0.2) is 0 Å². The lowest BCUT2D eigenvalue weighted by Crippen LogP contribution is -2.31. The number of anilines is 1. The van der Waals surface area contributed by atoms with Gasteiger partial charge in [0.1, 0.15) is 6.61 Å². The standard InChI is InChI=1S/C18H17NO3S/c1-12-6-8-13(9-7-12)11-22-17(20)10-16-18(21)19-14-4-2-3-5-15(14)23-16/h2-9,16H,10-11H2,1H3,(H,19,21)/t16-/m0/s1. The highest BCUT2D eigenvalue weighted by molar-refractivity contribution is 8.01. The summed E-state index contributed by atoms with van der Waals surface area (Å²) in [7, 11) is 0. The smallest absolute Gasteiger partial charge is 0.307 e. The summed E-state index contributed by atoms with van der Waals surface area (Å²) in [6.07, 6.45) is 0.0662. The molecule has 1 heterocycles. The molecule has 0 saturated carbocycles. The highest BCUT2D eigenvalue weighted by Crippen LogP contribution is 2.36. The van der Waals surface area contributed by atoms with Gasteiger partial charge in [-0.1, -0.05) is 42.0 Å². The Balaban J connectivity index is 1.56. The Kier molecular flexibility index (Phi) is 4.67. The summed E-state index contributed by atoms with van der Waals surface area (Å²) < 4.78 is 5.27. The fourth-order valence-electron chi connectivity index (χ4n) is 2.29. The monoisotopic (exact) mass is 327 g/mol. The van der Waals surface area contributed by atoms with Gasteiger partial charge in [-0.25, -0.2) is 0 Å². The van der Waals surface area contributed by atoms with Gasteiger partial charge in [-0.2, -0.15) is 0 Å². The summed E-state index contributed by atoms with van der Waals surface area (Å²) >= 11 is 1.40. The molecule has 4 nitrogen and oxygen atoms in total. The highest BCUT2D eigenvalue weighted by Gasteiger charge is 2.29. The summed E-state index contributed by atoms with van der Waals surface area (Å²) in [5.41, 5.74) is 2.90. The molecule has 0 bridgehead atoms. The van der Waals surface area contributed by atoms with E-state index >= 15 is 0 Å². The molecule has 5 heteroatoms. The van der Waals surface area contributed by atoms with Crippen molar-refractivity contribution in [1.82, 2.24) is 0 Å². The molecule has 0 radical (unpaired) electrons. The molecular weight excluding hydrogens is 310 g/mol. The van der Waals surface area contributed by atoms with Gasteiger partial charge in [0.2, 0.25) is 5.91 Å². The third-order valence-electron chi connectivity index (χ3n) is 3.58. The van der Waals surface area contributed by atoms with Gasteiger partial charge >= 0.3 is 5.97 Å². The number of aryl methyl sites for hydroxylation is 1. The van der Waals surface area contributed by atoms with E-state index in [1.165, 1.54) is 11.8 Å². The zero-order valence-electron chi connectivity index (χ0n) is 12.7. The first-order valence-corrected chi connectivity index (χ1v) is 8.27. The van der Waals surface area contributed by atoms with Crippen molar-refractivity contribution in [3.8, 4) is 0 Å². The van der Waals surface area contributed by atoms with Crippen molar-refractivity contribution in [3.05, 3.63) is 59.7 Å².